The van der Waals surface area contributed by atoms with E-state index in [-0.39, 0.29) is 17.9 Å². The summed E-state index contributed by atoms with van der Waals surface area (Å²) < 4.78 is 16.9. The van der Waals surface area contributed by atoms with Crippen LogP contribution in [0.1, 0.15) is 48.9 Å². The SMILES string of the molecule is COc1cc(C(=O)Nc2ccc(OC)c(N3CCCC3=O)c2)ccc1OC1CCCC1. The normalized spacial score (nSPS) is 16.5. The molecule has 4 rings (SSSR count). The van der Waals surface area contributed by atoms with E-state index < -0.39 is 0 Å². The van der Waals surface area contributed by atoms with Crippen molar-refractivity contribution in [2.24, 2.45) is 0 Å². The zero-order valence-electron chi connectivity index (χ0n) is 18.0. The highest BCUT2D eigenvalue weighted by molar-refractivity contribution is 6.05. The summed E-state index contributed by atoms with van der Waals surface area (Å²) >= 11 is 0. The average molecular weight is 424 g/mol. The predicted octanol–water partition coefficient (Wildman–Crippen LogP) is 4.40. The lowest BCUT2D eigenvalue weighted by atomic mass is 10.1. The van der Waals surface area contributed by atoms with E-state index in [1.54, 1.807) is 55.5 Å². The minimum atomic E-state index is -0.269. The van der Waals surface area contributed by atoms with Crippen LogP contribution in [0.4, 0.5) is 11.4 Å². The fourth-order valence-corrected chi connectivity index (χ4v) is 4.18. The Morgan fingerprint density at radius 1 is 0.968 bits per heavy atom. The van der Waals surface area contributed by atoms with Crippen LogP contribution in [0.5, 0.6) is 17.2 Å². The van der Waals surface area contributed by atoms with Gasteiger partial charge in [-0.25, -0.2) is 0 Å². The van der Waals surface area contributed by atoms with Crippen LogP contribution in [0.3, 0.4) is 0 Å². The van der Waals surface area contributed by atoms with Crippen molar-refractivity contribution in [2.45, 2.75) is 44.6 Å². The number of hydrogen-bond donors (Lipinski definition) is 1. The van der Waals surface area contributed by atoms with Crippen molar-refractivity contribution in [2.75, 3.05) is 31.0 Å². The molecule has 1 aliphatic carbocycles. The van der Waals surface area contributed by atoms with Crippen LogP contribution in [-0.2, 0) is 4.79 Å². The monoisotopic (exact) mass is 424 g/mol. The van der Waals surface area contributed by atoms with Gasteiger partial charge < -0.3 is 24.4 Å². The first-order chi connectivity index (χ1) is 15.1. The van der Waals surface area contributed by atoms with Gasteiger partial charge in [0, 0.05) is 24.2 Å². The molecule has 1 saturated heterocycles. The van der Waals surface area contributed by atoms with Gasteiger partial charge in [-0.2, -0.15) is 0 Å². The quantitative estimate of drug-likeness (QED) is 0.713. The third kappa shape index (κ3) is 4.60. The molecule has 1 saturated carbocycles. The number of nitrogens with one attached hydrogen (secondary N) is 1. The number of ether oxygens (including phenoxy) is 3. The molecular weight excluding hydrogens is 396 g/mol. The summed E-state index contributed by atoms with van der Waals surface area (Å²) in [6.45, 7) is 0.645. The van der Waals surface area contributed by atoms with Gasteiger partial charge in [0.1, 0.15) is 5.75 Å². The second-order valence-electron chi connectivity index (χ2n) is 7.88. The van der Waals surface area contributed by atoms with Crippen molar-refractivity contribution in [3.8, 4) is 17.2 Å². The first-order valence-corrected chi connectivity index (χ1v) is 10.7. The maximum absolute atomic E-state index is 12.9. The number of carbonyl (C=O) groups excluding carboxylic acids is 2. The molecule has 7 heteroatoms. The Balaban J connectivity index is 1.51. The van der Waals surface area contributed by atoms with Crippen LogP contribution in [0.15, 0.2) is 36.4 Å². The Morgan fingerprint density at radius 3 is 2.39 bits per heavy atom. The lowest BCUT2D eigenvalue weighted by Gasteiger charge is -2.20. The van der Waals surface area contributed by atoms with Crippen LogP contribution in [0, 0.1) is 0 Å². The summed E-state index contributed by atoms with van der Waals surface area (Å²) in [5, 5.41) is 2.90. The van der Waals surface area contributed by atoms with Crippen LogP contribution in [0.25, 0.3) is 0 Å². The molecule has 2 aliphatic rings. The van der Waals surface area contributed by atoms with E-state index in [0.29, 0.717) is 47.2 Å². The largest absolute Gasteiger partial charge is 0.495 e. The molecule has 164 valence electrons. The maximum Gasteiger partial charge on any atom is 0.255 e. The Kier molecular flexibility index (Phi) is 6.30. The van der Waals surface area contributed by atoms with Crippen molar-refractivity contribution >= 4 is 23.2 Å². The number of carbonyl (C=O) groups is 2. The van der Waals surface area contributed by atoms with Gasteiger partial charge in [-0.3, -0.25) is 9.59 Å². The summed E-state index contributed by atoms with van der Waals surface area (Å²) in [5.74, 6) is 1.59. The number of anilines is 2. The second-order valence-corrected chi connectivity index (χ2v) is 7.88. The molecule has 2 fully saturated rings. The number of rotatable bonds is 7. The lowest BCUT2D eigenvalue weighted by Crippen LogP contribution is -2.24. The third-order valence-corrected chi connectivity index (χ3v) is 5.82. The molecule has 2 aromatic rings. The van der Waals surface area contributed by atoms with E-state index >= 15 is 0 Å². The van der Waals surface area contributed by atoms with E-state index in [4.69, 9.17) is 14.2 Å². The van der Waals surface area contributed by atoms with E-state index in [9.17, 15) is 9.59 Å². The molecule has 1 heterocycles. The van der Waals surface area contributed by atoms with Crippen LogP contribution < -0.4 is 24.4 Å². The summed E-state index contributed by atoms with van der Waals surface area (Å²) in [6.07, 6.45) is 6.00. The van der Waals surface area contributed by atoms with E-state index in [2.05, 4.69) is 5.32 Å². The molecule has 0 unspecified atom stereocenters. The van der Waals surface area contributed by atoms with Gasteiger partial charge >= 0.3 is 0 Å². The number of methoxy groups -OCH3 is 2. The Hall–Kier alpha value is -3.22. The average Bonchev–Trinajstić information content (AvgIpc) is 3.45. The first-order valence-electron chi connectivity index (χ1n) is 10.7. The van der Waals surface area contributed by atoms with Gasteiger partial charge in [-0.05, 0) is 68.5 Å². The van der Waals surface area contributed by atoms with Gasteiger partial charge in [-0.1, -0.05) is 0 Å². The van der Waals surface area contributed by atoms with Crippen molar-refractivity contribution in [1.29, 1.82) is 0 Å². The molecule has 1 aliphatic heterocycles. The topological polar surface area (TPSA) is 77.1 Å². The lowest BCUT2D eigenvalue weighted by molar-refractivity contribution is -0.117. The smallest absolute Gasteiger partial charge is 0.255 e. The maximum atomic E-state index is 12.9. The molecule has 0 radical (unpaired) electrons. The van der Waals surface area contributed by atoms with E-state index in [1.165, 1.54) is 12.8 Å². The molecule has 7 nitrogen and oxygen atoms in total. The second kappa shape index (κ2) is 9.29. The molecular formula is C24H28N2O5. The highest BCUT2D eigenvalue weighted by atomic mass is 16.5. The Morgan fingerprint density at radius 2 is 1.71 bits per heavy atom. The van der Waals surface area contributed by atoms with E-state index in [1.807, 2.05) is 0 Å². The summed E-state index contributed by atoms with van der Waals surface area (Å²) in [6, 6.07) is 10.5. The summed E-state index contributed by atoms with van der Waals surface area (Å²) in [5.41, 5.74) is 1.72. The van der Waals surface area contributed by atoms with Crippen LogP contribution in [0.2, 0.25) is 0 Å². The molecule has 2 amide bonds. The first kappa shape index (κ1) is 21.0. The van der Waals surface area contributed by atoms with Crippen molar-refractivity contribution < 1.29 is 23.8 Å². The fourth-order valence-electron chi connectivity index (χ4n) is 4.18. The van der Waals surface area contributed by atoms with Crippen molar-refractivity contribution in [1.82, 2.24) is 0 Å². The van der Waals surface area contributed by atoms with Crippen LogP contribution >= 0.6 is 0 Å². The summed E-state index contributed by atoms with van der Waals surface area (Å²) in [4.78, 5) is 26.8. The highest BCUT2D eigenvalue weighted by Gasteiger charge is 2.25. The summed E-state index contributed by atoms with van der Waals surface area (Å²) in [7, 11) is 3.14. The number of benzene rings is 2. The molecule has 0 bridgehead atoms. The van der Waals surface area contributed by atoms with Gasteiger partial charge in [0.05, 0.1) is 26.0 Å². The van der Waals surface area contributed by atoms with Crippen molar-refractivity contribution in [3.05, 3.63) is 42.0 Å². The standard InChI is InChI=1S/C24H28N2O5/c1-29-20-12-10-17(15-19(20)26-13-5-8-23(26)27)25-24(28)16-9-11-21(22(14-16)30-2)31-18-6-3-4-7-18/h9-12,14-15,18H,3-8,13H2,1-2H3,(H,25,28). The fraction of sp³-hybridized carbons (Fsp3) is 0.417. The molecule has 0 spiro atoms. The van der Waals surface area contributed by atoms with E-state index in [0.717, 1.165) is 19.3 Å². The Bertz CT molecular complexity index is 968. The molecule has 31 heavy (non-hydrogen) atoms. The van der Waals surface area contributed by atoms with Crippen LogP contribution in [-0.4, -0.2) is 38.7 Å². The molecule has 2 aromatic carbocycles. The molecule has 0 atom stereocenters. The molecule has 0 aromatic heterocycles. The minimum Gasteiger partial charge on any atom is -0.495 e. The minimum absolute atomic E-state index is 0.0596. The van der Waals surface area contributed by atoms with Gasteiger partial charge in [0.25, 0.3) is 5.91 Å². The van der Waals surface area contributed by atoms with Crippen molar-refractivity contribution in [3.63, 3.8) is 0 Å². The number of amides is 2. The number of nitrogens with zero attached hydrogens (tertiary/aromatic N) is 1. The van der Waals surface area contributed by atoms with Gasteiger partial charge in [0.2, 0.25) is 5.91 Å². The van der Waals surface area contributed by atoms with Gasteiger partial charge in [0.15, 0.2) is 11.5 Å². The zero-order valence-corrected chi connectivity index (χ0v) is 18.0. The third-order valence-electron chi connectivity index (χ3n) is 5.82. The highest BCUT2D eigenvalue weighted by Crippen LogP contribution is 2.35. The predicted molar refractivity (Wildman–Crippen MR) is 118 cm³/mol. The number of hydrogen-bond acceptors (Lipinski definition) is 5. The zero-order chi connectivity index (χ0) is 21.8. The molecule has 1 N–H and O–H groups in total. The Labute approximate surface area is 182 Å². The van der Waals surface area contributed by atoms with Gasteiger partial charge in [-0.15, -0.1) is 0 Å².